The molecular weight excluding hydrogens is 490 g/mol. The van der Waals surface area contributed by atoms with Crippen LogP contribution >= 0.6 is 11.6 Å². The predicted octanol–water partition coefficient (Wildman–Crippen LogP) is 5.53. The maximum absolute atomic E-state index is 12.8. The standard InChI is InChI=1S/C29H32ClN3O4/c1-5-36-26-16-21(9-14-25(26)37-18-22-8-6-7-20(4)15-22)17-31-33-29(35)27(19(2)3)32-28(34)23-10-12-24(30)13-11-23/h6-17,19,27H,5,18H2,1-4H3,(H,32,34)(H,33,35)/b31-17-. The molecule has 0 bridgehead atoms. The Balaban J connectivity index is 1.63. The van der Waals surface area contributed by atoms with Crippen molar-refractivity contribution >= 4 is 29.6 Å². The van der Waals surface area contributed by atoms with Gasteiger partial charge in [-0.1, -0.05) is 55.3 Å². The van der Waals surface area contributed by atoms with Gasteiger partial charge in [-0.2, -0.15) is 5.10 Å². The summed E-state index contributed by atoms with van der Waals surface area (Å²) in [5, 5.41) is 7.37. The fourth-order valence-corrected chi connectivity index (χ4v) is 3.68. The molecular formula is C29H32ClN3O4. The van der Waals surface area contributed by atoms with Crippen LogP contribution in [0.25, 0.3) is 0 Å². The molecule has 0 saturated carbocycles. The van der Waals surface area contributed by atoms with E-state index in [-0.39, 0.29) is 11.8 Å². The van der Waals surface area contributed by atoms with Crippen molar-refractivity contribution in [1.82, 2.24) is 10.7 Å². The molecule has 0 heterocycles. The number of carbonyl (C=O) groups is 2. The van der Waals surface area contributed by atoms with Crippen molar-refractivity contribution in [2.75, 3.05) is 6.61 Å². The van der Waals surface area contributed by atoms with E-state index in [0.29, 0.717) is 35.3 Å². The first-order valence-electron chi connectivity index (χ1n) is 12.1. The van der Waals surface area contributed by atoms with Gasteiger partial charge in [0.05, 0.1) is 12.8 Å². The molecule has 1 unspecified atom stereocenters. The molecule has 0 saturated heterocycles. The molecule has 3 rings (SSSR count). The van der Waals surface area contributed by atoms with E-state index < -0.39 is 11.9 Å². The van der Waals surface area contributed by atoms with E-state index in [4.69, 9.17) is 21.1 Å². The molecule has 3 aromatic carbocycles. The maximum atomic E-state index is 12.8. The first-order valence-corrected chi connectivity index (χ1v) is 12.5. The van der Waals surface area contributed by atoms with Gasteiger partial charge in [-0.15, -0.1) is 0 Å². The van der Waals surface area contributed by atoms with E-state index in [0.717, 1.165) is 11.1 Å². The summed E-state index contributed by atoms with van der Waals surface area (Å²) in [6, 6.07) is 19.3. The summed E-state index contributed by atoms with van der Waals surface area (Å²) in [4.78, 5) is 25.3. The molecule has 37 heavy (non-hydrogen) atoms. The molecule has 194 valence electrons. The topological polar surface area (TPSA) is 89.0 Å². The number of aryl methyl sites for hydroxylation is 1. The summed E-state index contributed by atoms with van der Waals surface area (Å²) in [6.45, 7) is 8.53. The number of hydrazone groups is 1. The van der Waals surface area contributed by atoms with E-state index in [9.17, 15) is 9.59 Å². The van der Waals surface area contributed by atoms with E-state index in [1.807, 2.05) is 58.0 Å². The fraction of sp³-hybridized carbons (Fsp3) is 0.276. The molecule has 0 fully saturated rings. The van der Waals surface area contributed by atoms with Gasteiger partial charge in [-0.05, 0) is 73.4 Å². The van der Waals surface area contributed by atoms with Crippen molar-refractivity contribution in [3.8, 4) is 11.5 Å². The molecule has 0 aliphatic rings. The first-order chi connectivity index (χ1) is 17.8. The van der Waals surface area contributed by atoms with Crippen LogP contribution in [0.4, 0.5) is 0 Å². The van der Waals surface area contributed by atoms with Crippen LogP contribution in [-0.2, 0) is 11.4 Å². The second-order valence-electron chi connectivity index (χ2n) is 8.85. The lowest BCUT2D eigenvalue weighted by Crippen LogP contribution is -2.48. The van der Waals surface area contributed by atoms with Crippen LogP contribution in [0.5, 0.6) is 11.5 Å². The van der Waals surface area contributed by atoms with Crippen LogP contribution in [0.15, 0.2) is 71.8 Å². The molecule has 8 heteroatoms. The largest absolute Gasteiger partial charge is 0.490 e. The third kappa shape index (κ3) is 8.36. The summed E-state index contributed by atoms with van der Waals surface area (Å²) in [5.74, 6) is 0.268. The zero-order valence-electron chi connectivity index (χ0n) is 21.5. The van der Waals surface area contributed by atoms with Crippen LogP contribution in [-0.4, -0.2) is 30.7 Å². The number of benzene rings is 3. The molecule has 2 N–H and O–H groups in total. The van der Waals surface area contributed by atoms with Gasteiger partial charge in [-0.25, -0.2) is 5.43 Å². The third-order valence-corrected chi connectivity index (χ3v) is 5.73. The Kier molecular flexibility index (Phi) is 10.1. The lowest BCUT2D eigenvalue weighted by atomic mass is 10.0. The summed E-state index contributed by atoms with van der Waals surface area (Å²) in [7, 11) is 0. The molecule has 2 amide bonds. The second-order valence-corrected chi connectivity index (χ2v) is 9.29. The monoisotopic (exact) mass is 521 g/mol. The van der Waals surface area contributed by atoms with Gasteiger partial charge in [0.15, 0.2) is 11.5 Å². The Hall–Kier alpha value is -3.84. The van der Waals surface area contributed by atoms with Crippen LogP contribution in [0.1, 0.15) is 47.8 Å². The fourth-order valence-electron chi connectivity index (χ4n) is 3.56. The minimum absolute atomic E-state index is 0.152. The van der Waals surface area contributed by atoms with Gasteiger partial charge in [0.2, 0.25) is 0 Å². The Morgan fingerprint density at radius 1 is 1.00 bits per heavy atom. The summed E-state index contributed by atoms with van der Waals surface area (Å²) in [5.41, 5.74) is 5.89. The minimum atomic E-state index is -0.767. The van der Waals surface area contributed by atoms with E-state index in [1.165, 1.54) is 11.8 Å². The number of hydrogen-bond acceptors (Lipinski definition) is 5. The summed E-state index contributed by atoms with van der Waals surface area (Å²) >= 11 is 5.89. The van der Waals surface area contributed by atoms with Gasteiger partial charge < -0.3 is 14.8 Å². The van der Waals surface area contributed by atoms with Crippen LogP contribution in [0, 0.1) is 12.8 Å². The number of nitrogens with one attached hydrogen (secondary N) is 2. The summed E-state index contributed by atoms with van der Waals surface area (Å²) in [6.07, 6.45) is 1.52. The summed E-state index contributed by atoms with van der Waals surface area (Å²) < 4.78 is 11.7. The van der Waals surface area contributed by atoms with Crippen LogP contribution in [0.3, 0.4) is 0 Å². The maximum Gasteiger partial charge on any atom is 0.262 e. The first kappa shape index (κ1) is 27.7. The zero-order valence-corrected chi connectivity index (χ0v) is 22.2. The van der Waals surface area contributed by atoms with Crippen molar-refractivity contribution in [1.29, 1.82) is 0 Å². The molecule has 7 nitrogen and oxygen atoms in total. The quantitative estimate of drug-likeness (QED) is 0.256. The van der Waals surface area contributed by atoms with Crippen molar-refractivity contribution in [2.24, 2.45) is 11.0 Å². The lowest BCUT2D eigenvalue weighted by molar-refractivity contribution is -0.123. The smallest absolute Gasteiger partial charge is 0.262 e. The van der Waals surface area contributed by atoms with Crippen molar-refractivity contribution in [3.05, 3.63) is 94.0 Å². The minimum Gasteiger partial charge on any atom is -0.490 e. The number of nitrogens with zero attached hydrogens (tertiary/aromatic N) is 1. The molecule has 0 spiro atoms. The van der Waals surface area contributed by atoms with Gasteiger partial charge >= 0.3 is 0 Å². The molecule has 0 aliphatic carbocycles. The molecule has 3 aromatic rings. The van der Waals surface area contributed by atoms with Gasteiger partial charge in [0, 0.05) is 10.6 Å². The van der Waals surface area contributed by atoms with Crippen LogP contribution < -0.4 is 20.2 Å². The number of ether oxygens (including phenoxy) is 2. The molecule has 0 aliphatic heterocycles. The Labute approximate surface area is 222 Å². The van der Waals surface area contributed by atoms with Crippen molar-refractivity contribution in [3.63, 3.8) is 0 Å². The predicted molar refractivity (Wildman–Crippen MR) is 146 cm³/mol. The number of hydrogen-bond donors (Lipinski definition) is 2. The van der Waals surface area contributed by atoms with Gasteiger partial charge in [0.1, 0.15) is 12.6 Å². The van der Waals surface area contributed by atoms with E-state index in [2.05, 4.69) is 21.9 Å². The Bertz CT molecular complexity index is 1240. The Morgan fingerprint density at radius 3 is 2.43 bits per heavy atom. The SMILES string of the molecule is CCOc1cc(/C=N\NC(=O)C(NC(=O)c2ccc(Cl)cc2)C(C)C)ccc1OCc1cccc(C)c1. The molecule has 0 aromatic heterocycles. The van der Waals surface area contributed by atoms with Gasteiger partial charge in [-0.3, -0.25) is 9.59 Å². The highest BCUT2D eigenvalue weighted by atomic mass is 35.5. The highest BCUT2D eigenvalue weighted by molar-refractivity contribution is 6.30. The molecule has 1 atom stereocenters. The van der Waals surface area contributed by atoms with Crippen LogP contribution in [0.2, 0.25) is 5.02 Å². The van der Waals surface area contributed by atoms with Gasteiger partial charge in [0.25, 0.3) is 11.8 Å². The average Bonchev–Trinajstić information content (AvgIpc) is 2.87. The molecule has 0 radical (unpaired) electrons. The second kappa shape index (κ2) is 13.5. The number of rotatable bonds is 11. The highest BCUT2D eigenvalue weighted by Gasteiger charge is 2.24. The van der Waals surface area contributed by atoms with Crippen molar-refractivity contribution in [2.45, 2.75) is 40.3 Å². The average molecular weight is 522 g/mol. The zero-order chi connectivity index (χ0) is 26.8. The highest BCUT2D eigenvalue weighted by Crippen LogP contribution is 2.29. The van der Waals surface area contributed by atoms with E-state index >= 15 is 0 Å². The number of carbonyl (C=O) groups excluding carboxylic acids is 2. The van der Waals surface area contributed by atoms with E-state index in [1.54, 1.807) is 30.3 Å². The Morgan fingerprint density at radius 2 is 1.76 bits per heavy atom. The number of halogens is 1. The lowest BCUT2D eigenvalue weighted by Gasteiger charge is -2.20. The van der Waals surface area contributed by atoms with Crippen molar-refractivity contribution < 1.29 is 19.1 Å². The number of amides is 2. The third-order valence-electron chi connectivity index (χ3n) is 5.47. The normalized spacial score (nSPS) is 11.8.